The molecule has 7 nitrogen and oxygen atoms in total. The Morgan fingerprint density at radius 2 is 2.08 bits per heavy atom. The molecule has 4 aromatic rings. The fraction of sp³-hybridized carbons (Fsp3) is 0.176. The summed E-state index contributed by atoms with van der Waals surface area (Å²) < 4.78 is 5.70. The molecule has 118 valence electrons. The van der Waals surface area contributed by atoms with E-state index in [0.717, 1.165) is 22.6 Å². The average molecular weight is 318 g/mol. The number of fused-ring (bicyclic) bond motifs is 2. The van der Waals surface area contributed by atoms with Gasteiger partial charge in [-0.25, -0.2) is 15.0 Å². The van der Waals surface area contributed by atoms with Gasteiger partial charge in [0.15, 0.2) is 17.1 Å². The maximum Gasteiger partial charge on any atom is 0.198 e. The number of hydrogen-bond acceptors (Lipinski definition) is 6. The molecule has 0 fully saturated rings. The van der Waals surface area contributed by atoms with Gasteiger partial charge in [-0.05, 0) is 24.1 Å². The van der Waals surface area contributed by atoms with E-state index in [1.165, 1.54) is 6.33 Å². The van der Waals surface area contributed by atoms with Crippen molar-refractivity contribution in [1.82, 2.24) is 25.1 Å². The highest BCUT2D eigenvalue weighted by atomic mass is 16.3. The molecule has 0 atom stereocenters. The van der Waals surface area contributed by atoms with Gasteiger partial charge < -0.3 is 10.2 Å². The minimum absolute atomic E-state index is 0.241. The second-order valence-electron chi connectivity index (χ2n) is 5.69. The van der Waals surface area contributed by atoms with Gasteiger partial charge in [0.1, 0.15) is 23.4 Å². The lowest BCUT2D eigenvalue weighted by atomic mass is 10.2. The molecule has 7 heteroatoms. The molecule has 0 unspecified atom stereocenters. The number of aromatic amines is 1. The van der Waals surface area contributed by atoms with Gasteiger partial charge in [0, 0.05) is 11.5 Å². The van der Waals surface area contributed by atoms with Crippen molar-refractivity contribution in [2.75, 3.05) is 5.73 Å². The van der Waals surface area contributed by atoms with E-state index in [9.17, 15) is 0 Å². The van der Waals surface area contributed by atoms with Crippen molar-refractivity contribution >= 4 is 28.0 Å². The van der Waals surface area contributed by atoms with Crippen molar-refractivity contribution in [3.63, 3.8) is 0 Å². The number of nitrogen functional groups attached to an aromatic ring is 1. The molecule has 0 saturated carbocycles. The topological polar surface area (TPSA) is 107 Å². The predicted molar refractivity (Wildman–Crippen MR) is 90.2 cm³/mol. The number of H-pyrrole nitrogens is 1. The molecule has 0 saturated heterocycles. The number of aromatic nitrogens is 5. The zero-order valence-corrected chi connectivity index (χ0v) is 13.2. The summed E-state index contributed by atoms with van der Waals surface area (Å²) in [5.41, 5.74) is 9.33. The maximum atomic E-state index is 5.87. The molecule has 0 aliphatic carbocycles. The van der Waals surface area contributed by atoms with Crippen molar-refractivity contribution in [1.29, 1.82) is 0 Å². The quantitative estimate of drug-likeness (QED) is 0.522. The average Bonchev–Trinajstić information content (AvgIpc) is 3.17. The second-order valence-corrected chi connectivity index (χ2v) is 5.69. The summed E-state index contributed by atoms with van der Waals surface area (Å²) in [6.07, 6.45) is 1.39. The van der Waals surface area contributed by atoms with E-state index >= 15 is 0 Å². The van der Waals surface area contributed by atoms with Crippen molar-refractivity contribution in [3.05, 3.63) is 41.7 Å². The molecule has 0 spiro atoms. The second kappa shape index (κ2) is 5.35. The lowest BCUT2D eigenvalue weighted by Gasteiger charge is -1.93. The first-order valence-corrected chi connectivity index (χ1v) is 7.49. The molecule has 1 aromatic carbocycles. The number of oxazole rings is 1. The number of anilines is 1. The van der Waals surface area contributed by atoms with Crippen LogP contribution in [-0.4, -0.2) is 25.1 Å². The summed E-state index contributed by atoms with van der Waals surface area (Å²) in [7, 11) is 0. The Morgan fingerprint density at radius 1 is 1.21 bits per heavy atom. The van der Waals surface area contributed by atoms with Crippen LogP contribution in [0, 0.1) is 11.8 Å². The van der Waals surface area contributed by atoms with Crippen molar-refractivity contribution in [2.24, 2.45) is 0 Å². The number of benzene rings is 1. The third-order valence-corrected chi connectivity index (χ3v) is 3.61. The summed E-state index contributed by atoms with van der Waals surface area (Å²) >= 11 is 0. The van der Waals surface area contributed by atoms with E-state index in [1.54, 1.807) is 0 Å². The number of nitrogens with one attached hydrogen (secondary N) is 1. The van der Waals surface area contributed by atoms with Crippen LogP contribution in [-0.2, 0) is 0 Å². The van der Waals surface area contributed by atoms with Gasteiger partial charge in [0.2, 0.25) is 0 Å². The van der Waals surface area contributed by atoms with Gasteiger partial charge in [-0.1, -0.05) is 19.8 Å². The Morgan fingerprint density at radius 3 is 2.92 bits per heavy atom. The predicted octanol–water partition coefficient (Wildman–Crippen LogP) is 2.60. The van der Waals surface area contributed by atoms with E-state index < -0.39 is 0 Å². The van der Waals surface area contributed by atoms with E-state index in [2.05, 4.69) is 37.0 Å². The maximum absolute atomic E-state index is 5.87. The minimum Gasteiger partial charge on any atom is -0.440 e. The fourth-order valence-corrected chi connectivity index (χ4v) is 2.37. The summed E-state index contributed by atoms with van der Waals surface area (Å²) in [4.78, 5) is 12.5. The molecule has 0 aliphatic rings. The molecule has 0 radical (unpaired) electrons. The van der Waals surface area contributed by atoms with Crippen molar-refractivity contribution in [3.8, 4) is 11.8 Å². The highest BCUT2D eigenvalue weighted by molar-refractivity contribution is 5.90. The monoisotopic (exact) mass is 318 g/mol. The third-order valence-electron chi connectivity index (χ3n) is 3.61. The highest BCUT2D eigenvalue weighted by Crippen LogP contribution is 2.22. The molecule has 0 amide bonds. The van der Waals surface area contributed by atoms with E-state index in [0.29, 0.717) is 22.5 Å². The van der Waals surface area contributed by atoms with Gasteiger partial charge in [0.05, 0.1) is 5.39 Å². The minimum atomic E-state index is 0.241. The zero-order valence-electron chi connectivity index (χ0n) is 13.2. The third kappa shape index (κ3) is 2.34. The van der Waals surface area contributed by atoms with Crippen molar-refractivity contribution in [2.45, 2.75) is 19.8 Å². The molecular formula is C17H14N6O. The molecular weight excluding hydrogens is 304 g/mol. The van der Waals surface area contributed by atoms with Gasteiger partial charge >= 0.3 is 0 Å². The van der Waals surface area contributed by atoms with Crippen LogP contribution in [0.2, 0.25) is 0 Å². The van der Waals surface area contributed by atoms with Gasteiger partial charge in [-0.15, -0.1) is 0 Å². The molecule has 24 heavy (non-hydrogen) atoms. The zero-order chi connectivity index (χ0) is 16.7. The number of nitrogens with two attached hydrogens (primary N) is 1. The van der Waals surface area contributed by atoms with Crippen LogP contribution in [0.15, 0.2) is 28.9 Å². The van der Waals surface area contributed by atoms with Gasteiger partial charge in [-0.3, -0.25) is 5.10 Å². The lowest BCUT2D eigenvalue weighted by Crippen LogP contribution is -1.92. The largest absolute Gasteiger partial charge is 0.440 e. The van der Waals surface area contributed by atoms with Crippen LogP contribution in [0.4, 0.5) is 5.82 Å². The molecule has 3 aromatic heterocycles. The highest BCUT2D eigenvalue weighted by Gasteiger charge is 2.10. The van der Waals surface area contributed by atoms with Gasteiger partial charge in [-0.2, -0.15) is 5.10 Å². The Labute approximate surface area is 137 Å². The van der Waals surface area contributed by atoms with Gasteiger partial charge in [0.25, 0.3) is 0 Å². The van der Waals surface area contributed by atoms with E-state index in [4.69, 9.17) is 10.2 Å². The Balaban J connectivity index is 1.75. The van der Waals surface area contributed by atoms with E-state index in [-0.39, 0.29) is 5.92 Å². The molecule has 0 aliphatic heterocycles. The fourth-order valence-electron chi connectivity index (χ4n) is 2.37. The van der Waals surface area contributed by atoms with Crippen molar-refractivity contribution < 1.29 is 4.42 Å². The first kappa shape index (κ1) is 14.2. The molecule has 4 rings (SSSR count). The first-order valence-electron chi connectivity index (χ1n) is 7.49. The van der Waals surface area contributed by atoms with Crippen LogP contribution in [0.1, 0.15) is 36.9 Å². The Hall–Kier alpha value is -3.40. The van der Waals surface area contributed by atoms with Crippen LogP contribution in [0.3, 0.4) is 0 Å². The summed E-state index contributed by atoms with van der Waals surface area (Å²) in [6, 6.07) is 5.66. The first-order chi connectivity index (χ1) is 11.6. The van der Waals surface area contributed by atoms with Crippen LogP contribution < -0.4 is 5.73 Å². The summed E-state index contributed by atoms with van der Waals surface area (Å²) in [5, 5.41) is 7.58. The Bertz CT molecular complexity index is 1110. The lowest BCUT2D eigenvalue weighted by molar-refractivity contribution is 0.501. The van der Waals surface area contributed by atoms with E-state index in [1.807, 2.05) is 32.0 Å². The number of hydrogen-bond donors (Lipinski definition) is 2. The normalized spacial score (nSPS) is 11.1. The molecule has 3 heterocycles. The smallest absolute Gasteiger partial charge is 0.198 e. The SMILES string of the molecule is CC(C)c1nc2cc(C#Cc3n[nH]c4ncnc(N)c34)ccc2o1. The number of nitrogens with zero attached hydrogens (tertiary/aromatic N) is 4. The summed E-state index contributed by atoms with van der Waals surface area (Å²) in [5.74, 6) is 7.40. The van der Waals surface area contributed by atoms with Crippen LogP contribution in [0.25, 0.3) is 22.1 Å². The molecule has 3 N–H and O–H groups in total. The summed E-state index contributed by atoms with van der Waals surface area (Å²) in [6.45, 7) is 4.08. The van der Waals surface area contributed by atoms with Crippen LogP contribution in [0.5, 0.6) is 0 Å². The molecule has 0 bridgehead atoms. The Kier molecular flexibility index (Phi) is 3.17. The standard InChI is InChI=1S/C17H14N6O/c1-9(2)17-21-12-7-10(4-6-13(12)24-17)3-5-11-14-15(18)19-8-20-16(14)23-22-11/h4,6-9H,1-2H3,(H3,18,19,20,22,23). The van der Waals surface area contributed by atoms with Crippen LogP contribution >= 0.6 is 0 Å². The number of rotatable bonds is 1.